The van der Waals surface area contributed by atoms with Crippen LogP contribution in [0, 0.1) is 5.92 Å². The molecule has 9 nitrogen and oxygen atoms in total. The number of piperidine rings is 1. The van der Waals surface area contributed by atoms with Gasteiger partial charge in [0.05, 0.1) is 18.7 Å². The molecule has 1 atom stereocenters. The van der Waals surface area contributed by atoms with E-state index >= 15 is 0 Å². The molecule has 2 fully saturated rings. The van der Waals surface area contributed by atoms with Crippen molar-refractivity contribution in [2.45, 2.75) is 38.1 Å². The molecule has 6 rings (SSSR count). The van der Waals surface area contributed by atoms with Crippen LogP contribution in [0.25, 0.3) is 5.52 Å². The molecule has 0 aliphatic carbocycles. The van der Waals surface area contributed by atoms with E-state index in [0.717, 1.165) is 54.2 Å². The van der Waals surface area contributed by atoms with E-state index in [9.17, 15) is 4.79 Å². The third kappa shape index (κ3) is 4.76. The van der Waals surface area contributed by atoms with E-state index < -0.39 is 0 Å². The standard InChI is InChI=1S/C28H33N7O2/c1-20-6-4-10-34(15-20)16-21-12-24(32-35-11-5-9-25(21)35)27(36)30-23-8-3-7-22(13-23)28(17-37-18-28)14-26-31-29-19-33(26)2/h3,5,7-9,11-13,19-20H,4,6,10,14-18H2,1-2H3,(H,30,36)/t20-/m0/s1. The largest absolute Gasteiger partial charge is 0.379 e. The average molecular weight is 500 g/mol. The fraction of sp³-hybridized carbons (Fsp3) is 0.429. The van der Waals surface area contributed by atoms with Crippen LogP contribution in [0.3, 0.4) is 0 Å². The van der Waals surface area contributed by atoms with Crippen molar-refractivity contribution >= 4 is 17.1 Å². The minimum atomic E-state index is -0.215. The molecule has 37 heavy (non-hydrogen) atoms. The van der Waals surface area contributed by atoms with E-state index in [4.69, 9.17) is 4.74 Å². The molecule has 1 aromatic carbocycles. The van der Waals surface area contributed by atoms with Crippen molar-refractivity contribution < 1.29 is 9.53 Å². The van der Waals surface area contributed by atoms with Crippen molar-refractivity contribution in [2.24, 2.45) is 13.0 Å². The molecule has 3 aromatic heterocycles. The van der Waals surface area contributed by atoms with Crippen LogP contribution in [0.1, 0.15) is 47.2 Å². The van der Waals surface area contributed by atoms with Crippen LogP contribution in [-0.4, -0.2) is 61.5 Å². The van der Waals surface area contributed by atoms with E-state index in [1.165, 1.54) is 12.8 Å². The third-order valence-electron chi connectivity index (χ3n) is 7.74. The van der Waals surface area contributed by atoms with Crippen molar-refractivity contribution in [3.05, 3.63) is 77.6 Å². The number of carbonyl (C=O) groups is 1. The Morgan fingerprint density at radius 1 is 1.22 bits per heavy atom. The Bertz CT molecular complexity index is 1420. The molecule has 0 unspecified atom stereocenters. The number of ether oxygens (including phenoxy) is 1. The van der Waals surface area contributed by atoms with Gasteiger partial charge in [-0.3, -0.25) is 9.69 Å². The number of rotatable bonds is 7. The van der Waals surface area contributed by atoms with Gasteiger partial charge in [0.1, 0.15) is 17.8 Å². The Balaban J connectivity index is 1.23. The molecule has 0 saturated carbocycles. The lowest BCUT2D eigenvalue weighted by molar-refractivity contribution is -0.0610. The number of fused-ring (bicyclic) bond motifs is 1. The molecular formula is C28H33N7O2. The number of anilines is 1. The third-order valence-corrected chi connectivity index (χ3v) is 7.74. The van der Waals surface area contributed by atoms with Crippen molar-refractivity contribution in [3.8, 4) is 0 Å². The number of carbonyl (C=O) groups excluding carboxylic acids is 1. The summed E-state index contributed by atoms with van der Waals surface area (Å²) in [4.78, 5) is 15.9. The zero-order valence-corrected chi connectivity index (χ0v) is 21.4. The Morgan fingerprint density at radius 3 is 2.86 bits per heavy atom. The average Bonchev–Trinajstić information content (AvgIpc) is 3.50. The number of amides is 1. The Labute approximate surface area is 216 Å². The first-order valence-electron chi connectivity index (χ1n) is 13.0. The Kier molecular flexibility index (Phi) is 6.26. The second-order valence-corrected chi connectivity index (χ2v) is 10.7. The van der Waals surface area contributed by atoms with Crippen LogP contribution in [0.4, 0.5) is 5.69 Å². The molecule has 0 radical (unpaired) electrons. The highest BCUT2D eigenvalue weighted by Crippen LogP contribution is 2.36. The maximum atomic E-state index is 13.4. The fourth-order valence-electron chi connectivity index (χ4n) is 5.62. The van der Waals surface area contributed by atoms with Gasteiger partial charge in [0.25, 0.3) is 5.91 Å². The van der Waals surface area contributed by atoms with Gasteiger partial charge in [-0.25, -0.2) is 4.52 Å². The summed E-state index contributed by atoms with van der Waals surface area (Å²) >= 11 is 0. The van der Waals surface area contributed by atoms with Crippen molar-refractivity contribution in [3.63, 3.8) is 0 Å². The van der Waals surface area contributed by atoms with Gasteiger partial charge in [0.15, 0.2) is 0 Å². The van der Waals surface area contributed by atoms with Crippen LogP contribution in [0.5, 0.6) is 0 Å². The maximum Gasteiger partial charge on any atom is 0.276 e. The molecule has 2 saturated heterocycles. The van der Waals surface area contributed by atoms with Gasteiger partial charge in [-0.1, -0.05) is 19.1 Å². The summed E-state index contributed by atoms with van der Waals surface area (Å²) in [6.45, 7) is 6.53. The number of likely N-dealkylation sites (tertiary alicyclic amines) is 1. The molecular weight excluding hydrogens is 466 g/mol. The monoisotopic (exact) mass is 499 g/mol. The van der Waals surface area contributed by atoms with Crippen molar-refractivity contribution in [1.29, 1.82) is 0 Å². The van der Waals surface area contributed by atoms with Crippen molar-refractivity contribution in [1.82, 2.24) is 29.3 Å². The van der Waals surface area contributed by atoms with Gasteiger partial charge in [-0.2, -0.15) is 5.10 Å². The van der Waals surface area contributed by atoms with Crippen LogP contribution < -0.4 is 5.32 Å². The Hall–Kier alpha value is -3.56. The molecule has 5 heterocycles. The highest BCUT2D eigenvalue weighted by atomic mass is 16.5. The highest BCUT2D eigenvalue weighted by molar-refractivity contribution is 6.03. The van der Waals surface area contributed by atoms with Crippen LogP contribution in [-0.2, 0) is 30.2 Å². The maximum absolute atomic E-state index is 13.4. The topological polar surface area (TPSA) is 89.6 Å². The zero-order chi connectivity index (χ0) is 25.4. The number of aryl methyl sites for hydroxylation is 1. The van der Waals surface area contributed by atoms with Gasteiger partial charge in [-0.15, -0.1) is 10.2 Å². The van der Waals surface area contributed by atoms with Crippen LogP contribution in [0.15, 0.2) is 55.0 Å². The quantitative estimate of drug-likeness (QED) is 0.419. The van der Waals surface area contributed by atoms with E-state index in [0.29, 0.717) is 24.8 Å². The molecule has 1 N–H and O–H groups in total. The number of benzene rings is 1. The number of nitrogens with one attached hydrogen (secondary N) is 1. The SMILES string of the molecule is C[C@H]1CCCN(Cc2cc(C(=O)Nc3cccc(C4(Cc5nncn5C)COC4)c3)nn3cccc23)C1. The summed E-state index contributed by atoms with van der Waals surface area (Å²) in [5.74, 6) is 1.40. The summed E-state index contributed by atoms with van der Waals surface area (Å²) in [6, 6.07) is 14.0. The van der Waals surface area contributed by atoms with Gasteiger partial charge >= 0.3 is 0 Å². The van der Waals surface area contributed by atoms with Gasteiger partial charge in [-0.05, 0) is 66.8 Å². The van der Waals surface area contributed by atoms with E-state index in [1.807, 2.05) is 52.7 Å². The Morgan fingerprint density at radius 2 is 2.11 bits per heavy atom. The molecule has 0 spiro atoms. The molecule has 1 amide bonds. The molecule has 2 aliphatic heterocycles. The second-order valence-electron chi connectivity index (χ2n) is 10.7. The minimum Gasteiger partial charge on any atom is -0.379 e. The summed E-state index contributed by atoms with van der Waals surface area (Å²) in [7, 11) is 1.95. The molecule has 9 heteroatoms. The van der Waals surface area contributed by atoms with Crippen molar-refractivity contribution in [2.75, 3.05) is 31.6 Å². The lowest BCUT2D eigenvalue weighted by Gasteiger charge is -2.41. The smallest absolute Gasteiger partial charge is 0.276 e. The van der Waals surface area contributed by atoms with E-state index in [-0.39, 0.29) is 11.3 Å². The minimum absolute atomic E-state index is 0.178. The first-order chi connectivity index (χ1) is 18.0. The van der Waals surface area contributed by atoms with Crippen LogP contribution in [0.2, 0.25) is 0 Å². The number of hydrogen-bond donors (Lipinski definition) is 1. The molecule has 0 bridgehead atoms. The summed E-state index contributed by atoms with van der Waals surface area (Å²) in [5, 5.41) is 16.0. The zero-order valence-electron chi connectivity index (χ0n) is 21.4. The lowest BCUT2D eigenvalue weighted by atomic mass is 9.75. The summed E-state index contributed by atoms with van der Waals surface area (Å²) in [5.41, 5.74) is 4.27. The van der Waals surface area contributed by atoms with Crippen LogP contribution >= 0.6 is 0 Å². The number of aromatic nitrogens is 5. The predicted octanol–water partition coefficient (Wildman–Crippen LogP) is 3.46. The molecule has 2 aliphatic rings. The van der Waals surface area contributed by atoms with Gasteiger partial charge in [0, 0.05) is 43.9 Å². The van der Waals surface area contributed by atoms with E-state index in [2.05, 4.69) is 44.6 Å². The fourth-order valence-corrected chi connectivity index (χ4v) is 5.62. The predicted molar refractivity (Wildman–Crippen MR) is 140 cm³/mol. The first-order valence-corrected chi connectivity index (χ1v) is 13.0. The lowest BCUT2D eigenvalue weighted by Crippen LogP contribution is -2.49. The first kappa shape index (κ1) is 23.8. The molecule has 192 valence electrons. The summed E-state index contributed by atoms with van der Waals surface area (Å²) in [6.07, 6.45) is 6.85. The number of nitrogens with zero attached hydrogens (tertiary/aromatic N) is 6. The molecule has 4 aromatic rings. The van der Waals surface area contributed by atoms with Gasteiger partial charge in [0.2, 0.25) is 0 Å². The second kappa shape index (κ2) is 9.72. The summed E-state index contributed by atoms with van der Waals surface area (Å²) < 4.78 is 9.38. The normalized spacial score (nSPS) is 19.6. The highest BCUT2D eigenvalue weighted by Gasteiger charge is 2.41. The number of hydrogen-bond acceptors (Lipinski definition) is 6. The van der Waals surface area contributed by atoms with Gasteiger partial charge < -0.3 is 14.6 Å². The van der Waals surface area contributed by atoms with E-state index in [1.54, 1.807) is 6.33 Å².